The van der Waals surface area contributed by atoms with Gasteiger partial charge in [0.05, 0.1) is 13.0 Å². The molecular formula is C20H19BrFN3O2. The van der Waals surface area contributed by atoms with Crippen LogP contribution in [-0.4, -0.2) is 35.3 Å². The highest BCUT2D eigenvalue weighted by molar-refractivity contribution is 9.10. The molecule has 1 aromatic heterocycles. The summed E-state index contributed by atoms with van der Waals surface area (Å²) in [5, 5.41) is 3.57. The number of anilines is 1. The van der Waals surface area contributed by atoms with Gasteiger partial charge < -0.3 is 15.2 Å². The highest BCUT2D eigenvalue weighted by Crippen LogP contribution is 2.26. The average Bonchev–Trinajstić information content (AvgIpc) is 2.90. The maximum atomic E-state index is 13.2. The number of aryl methyl sites for hydroxylation is 1. The number of rotatable bonds is 5. The zero-order valence-electron chi connectivity index (χ0n) is 15.0. The number of carbonyl (C=O) groups excluding carboxylic acids is 2. The zero-order chi connectivity index (χ0) is 19.6. The smallest absolute Gasteiger partial charge is 0.243 e. The van der Waals surface area contributed by atoms with Gasteiger partial charge >= 0.3 is 0 Å². The molecule has 0 fully saturated rings. The maximum absolute atomic E-state index is 13.2. The fourth-order valence-corrected chi connectivity index (χ4v) is 3.30. The van der Waals surface area contributed by atoms with E-state index in [0.29, 0.717) is 5.69 Å². The Morgan fingerprint density at radius 3 is 2.74 bits per heavy atom. The van der Waals surface area contributed by atoms with Crippen LogP contribution in [0.3, 0.4) is 0 Å². The van der Waals surface area contributed by atoms with E-state index >= 15 is 0 Å². The minimum Gasteiger partial charge on any atom is -0.358 e. The summed E-state index contributed by atoms with van der Waals surface area (Å²) in [4.78, 5) is 29.4. The molecule has 7 heteroatoms. The molecular weight excluding hydrogens is 413 g/mol. The van der Waals surface area contributed by atoms with Crippen LogP contribution in [-0.2, 0) is 16.0 Å². The lowest BCUT2D eigenvalue weighted by molar-refractivity contribution is -0.132. The fraction of sp³-hybridized carbons (Fsp3) is 0.200. The third kappa shape index (κ3) is 4.54. The predicted octanol–water partition coefficient (Wildman–Crippen LogP) is 4.02. The van der Waals surface area contributed by atoms with Gasteiger partial charge in [-0.25, -0.2) is 4.39 Å². The first-order chi connectivity index (χ1) is 12.8. The number of H-pyrrole nitrogens is 1. The van der Waals surface area contributed by atoms with Crippen molar-refractivity contribution in [3.05, 3.63) is 64.0 Å². The van der Waals surface area contributed by atoms with Gasteiger partial charge in [-0.15, -0.1) is 0 Å². The van der Waals surface area contributed by atoms with Crippen molar-refractivity contribution >= 4 is 44.3 Å². The molecule has 2 aromatic carbocycles. The number of fused-ring (bicyclic) bond motifs is 1. The first-order valence-corrected chi connectivity index (χ1v) is 9.19. The topological polar surface area (TPSA) is 65.2 Å². The molecule has 140 valence electrons. The van der Waals surface area contributed by atoms with Crippen molar-refractivity contribution in [2.75, 3.05) is 18.9 Å². The highest BCUT2D eigenvalue weighted by Gasteiger charge is 2.18. The van der Waals surface area contributed by atoms with Crippen molar-refractivity contribution in [3.63, 3.8) is 0 Å². The van der Waals surface area contributed by atoms with Gasteiger partial charge in [0.25, 0.3) is 0 Å². The lowest BCUT2D eigenvalue weighted by Crippen LogP contribution is -2.35. The Balaban J connectivity index is 1.66. The van der Waals surface area contributed by atoms with Crippen LogP contribution in [0, 0.1) is 12.7 Å². The van der Waals surface area contributed by atoms with E-state index in [4.69, 9.17) is 0 Å². The summed E-state index contributed by atoms with van der Waals surface area (Å²) in [5.41, 5.74) is 3.16. The molecule has 0 spiro atoms. The van der Waals surface area contributed by atoms with Crippen LogP contribution in [0.1, 0.15) is 11.3 Å². The minimum absolute atomic E-state index is 0.111. The monoisotopic (exact) mass is 431 g/mol. The van der Waals surface area contributed by atoms with Crippen LogP contribution in [0.5, 0.6) is 0 Å². The second-order valence-corrected chi connectivity index (χ2v) is 7.32. The van der Waals surface area contributed by atoms with E-state index in [-0.39, 0.29) is 24.8 Å². The Bertz CT molecular complexity index is 1020. The molecule has 0 radical (unpaired) electrons. The largest absolute Gasteiger partial charge is 0.358 e. The number of likely N-dealkylation sites (N-methyl/N-ethyl adjacent to an activating group) is 1. The summed E-state index contributed by atoms with van der Waals surface area (Å²) in [6.07, 6.45) is 0.187. The van der Waals surface area contributed by atoms with Gasteiger partial charge in [-0.3, -0.25) is 9.59 Å². The maximum Gasteiger partial charge on any atom is 0.243 e. The Kier molecular flexibility index (Phi) is 5.60. The van der Waals surface area contributed by atoms with Crippen LogP contribution < -0.4 is 5.32 Å². The van der Waals surface area contributed by atoms with Gasteiger partial charge in [0.1, 0.15) is 5.82 Å². The number of carbonyl (C=O) groups is 2. The van der Waals surface area contributed by atoms with Gasteiger partial charge in [-0.2, -0.15) is 0 Å². The predicted molar refractivity (Wildman–Crippen MR) is 107 cm³/mol. The molecule has 0 unspecified atom stereocenters. The Labute approximate surface area is 164 Å². The number of hydrogen-bond donors (Lipinski definition) is 2. The normalized spacial score (nSPS) is 10.8. The molecule has 0 aliphatic rings. The third-order valence-corrected chi connectivity index (χ3v) is 4.82. The zero-order valence-corrected chi connectivity index (χ0v) is 16.6. The van der Waals surface area contributed by atoms with Crippen LogP contribution in [0.4, 0.5) is 10.1 Å². The number of nitrogens with one attached hydrogen (secondary N) is 2. The Morgan fingerprint density at radius 2 is 2.00 bits per heavy atom. The highest BCUT2D eigenvalue weighted by atomic mass is 79.9. The van der Waals surface area contributed by atoms with Gasteiger partial charge in [0.15, 0.2) is 0 Å². The summed E-state index contributed by atoms with van der Waals surface area (Å²) in [5.74, 6) is -0.985. The van der Waals surface area contributed by atoms with E-state index in [1.54, 1.807) is 13.1 Å². The van der Waals surface area contributed by atoms with Gasteiger partial charge in [-0.05, 0) is 48.9 Å². The summed E-state index contributed by atoms with van der Waals surface area (Å²) in [6, 6.07) is 11.5. The second kappa shape index (κ2) is 7.92. The van der Waals surface area contributed by atoms with E-state index in [1.807, 2.05) is 25.1 Å². The SMILES string of the molecule is Cc1[nH]c2ccc(Br)cc2c1CC(=O)N(C)CC(=O)Nc1cccc(F)c1. The lowest BCUT2D eigenvalue weighted by atomic mass is 10.1. The molecule has 5 nitrogen and oxygen atoms in total. The Hall–Kier alpha value is -2.67. The minimum atomic E-state index is -0.432. The molecule has 0 atom stereocenters. The molecule has 1 heterocycles. The molecule has 2 N–H and O–H groups in total. The van der Waals surface area contributed by atoms with Crippen molar-refractivity contribution in [2.45, 2.75) is 13.3 Å². The summed E-state index contributed by atoms with van der Waals surface area (Å²) in [7, 11) is 1.58. The van der Waals surface area contributed by atoms with Crippen LogP contribution >= 0.6 is 15.9 Å². The number of amides is 2. The van der Waals surface area contributed by atoms with E-state index in [0.717, 1.165) is 26.6 Å². The van der Waals surface area contributed by atoms with Crippen LogP contribution in [0.25, 0.3) is 10.9 Å². The molecule has 0 saturated heterocycles. The van der Waals surface area contributed by atoms with Crippen molar-refractivity contribution < 1.29 is 14.0 Å². The van der Waals surface area contributed by atoms with Crippen LogP contribution in [0.15, 0.2) is 46.9 Å². The summed E-state index contributed by atoms with van der Waals surface area (Å²) < 4.78 is 14.1. The molecule has 2 amide bonds. The molecule has 0 bridgehead atoms. The molecule has 0 aliphatic heterocycles. The number of hydrogen-bond acceptors (Lipinski definition) is 2. The van der Waals surface area contributed by atoms with Crippen LogP contribution in [0.2, 0.25) is 0 Å². The van der Waals surface area contributed by atoms with Crippen molar-refractivity contribution in [3.8, 4) is 0 Å². The molecule has 27 heavy (non-hydrogen) atoms. The fourth-order valence-electron chi connectivity index (χ4n) is 2.94. The summed E-state index contributed by atoms with van der Waals surface area (Å²) >= 11 is 3.45. The molecule has 3 aromatic rings. The lowest BCUT2D eigenvalue weighted by Gasteiger charge is -2.17. The number of nitrogens with zero attached hydrogens (tertiary/aromatic N) is 1. The number of benzene rings is 2. The van der Waals surface area contributed by atoms with E-state index in [2.05, 4.69) is 26.2 Å². The Morgan fingerprint density at radius 1 is 1.22 bits per heavy atom. The van der Waals surface area contributed by atoms with E-state index < -0.39 is 5.82 Å². The molecule has 0 saturated carbocycles. The first kappa shape index (κ1) is 19.1. The number of halogens is 2. The van der Waals surface area contributed by atoms with Gasteiger partial charge in [-0.1, -0.05) is 22.0 Å². The standard InChI is InChI=1S/C20H19BrFN3O2/c1-12-16(17-8-13(21)6-7-18(17)23-12)10-20(27)25(2)11-19(26)24-15-5-3-4-14(22)9-15/h3-9,23H,10-11H2,1-2H3,(H,24,26). The number of aromatic amines is 1. The first-order valence-electron chi connectivity index (χ1n) is 8.39. The quantitative estimate of drug-likeness (QED) is 0.640. The number of aromatic nitrogens is 1. The second-order valence-electron chi connectivity index (χ2n) is 6.40. The van der Waals surface area contributed by atoms with Gasteiger partial charge in [0, 0.05) is 33.8 Å². The van der Waals surface area contributed by atoms with E-state index in [1.165, 1.54) is 23.1 Å². The van der Waals surface area contributed by atoms with E-state index in [9.17, 15) is 14.0 Å². The third-order valence-electron chi connectivity index (χ3n) is 4.32. The van der Waals surface area contributed by atoms with Crippen molar-refractivity contribution in [1.29, 1.82) is 0 Å². The van der Waals surface area contributed by atoms with Crippen molar-refractivity contribution in [2.24, 2.45) is 0 Å². The van der Waals surface area contributed by atoms with Gasteiger partial charge in [0.2, 0.25) is 11.8 Å². The molecule has 0 aliphatic carbocycles. The van der Waals surface area contributed by atoms with Crippen molar-refractivity contribution in [1.82, 2.24) is 9.88 Å². The average molecular weight is 432 g/mol. The molecule has 3 rings (SSSR count). The summed E-state index contributed by atoms with van der Waals surface area (Å²) in [6.45, 7) is 1.81.